The maximum absolute atomic E-state index is 11.6. The smallest absolute Gasteiger partial charge is 0.374 e. The molecule has 2 N–H and O–H groups in total. The van der Waals surface area contributed by atoms with E-state index in [1.807, 2.05) is 17.5 Å². The van der Waals surface area contributed by atoms with Crippen LogP contribution >= 0.6 is 11.3 Å². The molecule has 2 aromatic rings. The highest BCUT2D eigenvalue weighted by atomic mass is 32.1. The number of amides is 1. The van der Waals surface area contributed by atoms with E-state index in [9.17, 15) is 9.59 Å². The van der Waals surface area contributed by atoms with Crippen molar-refractivity contribution in [1.29, 1.82) is 0 Å². The molecule has 18 heavy (non-hydrogen) atoms. The summed E-state index contributed by atoms with van der Waals surface area (Å²) in [5.41, 5.74) is -0.0291. The molecule has 2 rings (SSSR count). The monoisotopic (exact) mass is 266 g/mol. The van der Waals surface area contributed by atoms with Crippen LogP contribution in [-0.4, -0.2) is 28.7 Å². The molecule has 0 bridgehead atoms. The number of carboxylic acid groups (broad SMARTS) is 1. The maximum Gasteiger partial charge on any atom is 0.374 e. The van der Waals surface area contributed by atoms with Crippen LogP contribution < -0.4 is 5.32 Å². The summed E-state index contributed by atoms with van der Waals surface area (Å²) in [6.07, 6.45) is 0.729. The van der Waals surface area contributed by atoms with Gasteiger partial charge in [-0.2, -0.15) is 0 Å². The number of hydrogen-bond acceptors (Lipinski definition) is 5. The number of nitrogens with zero attached hydrogens (tertiary/aromatic N) is 1. The van der Waals surface area contributed by atoms with Crippen molar-refractivity contribution < 1.29 is 19.2 Å². The lowest BCUT2D eigenvalue weighted by molar-refractivity contribution is 0.0651. The lowest BCUT2D eigenvalue weighted by Crippen LogP contribution is -2.25. The average molecular weight is 266 g/mol. The topological polar surface area (TPSA) is 92.4 Å². The van der Waals surface area contributed by atoms with Crippen molar-refractivity contribution in [2.24, 2.45) is 0 Å². The second kappa shape index (κ2) is 5.46. The van der Waals surface area contributed by atoms with Crippen LogP contribution in [0.25, 0.3) is 0 Å². The summed E-state index contributed by atoms with van der Waals surface area (Å²) in [7, 11) is 0. The zero-order chi connectivity index (χ0) is 13.0. The van der Waals surface area contributed by atoms with E-state index in [1.165, 1.54) is 4.88 Å². The van der Waals surface area contributed by atoms with Gasteiger partial charge in [0, 0.05) is 17.5 Å². The Labute approximate surface area is 106 Å². The number of carbonyl (C=O) groups excluding carboxylic acids is 1. The molecule has 2 heterocycles. The van der Waals surface area contributed by atoms with Crippen LogP contribution in [0, 0.1) is 0 Å². The van der Waals surface area contributed by atoms with Gasteiger partial charge in [-0.1, -0.05) is 11.2 Å². The third-order valence-electron chi connectivity index (χ3n) is 2.19. The molecule has 0 aliphatic heterocycles. The first-order valence-electron chi connectivity index (χ1n) is 5.17. The number of hydrogen-bond donors (Lipinski definition) is 2. The Balaban J connectivity index is 1.85. The highest BCUT2D eigenvalue weighted by molar-refractivity contribution is 7.09. The molecular weight excluding hydrogens is 256 g/mol. The molecule has 94 valence electrons. The number of carboxylic acids is 1. The van der Waals surface area contributed by atoms with E-state index < -0.39 is 11.9 Å². The summed E-state index contributed by atoms with van der Waals surface area (Å²) in [5, 5.41) is 16.6. The van der Waals surface area contributed by atoms with Gasteiger partial charge in [-0.3, -0.25) is 4.79 Å². The lowest BCUT2D eigenvalue weighted by Gasteiger charge is -2.00. The fourth-order valence-electron chi connectivity index (χ4n) is 1.33. The minimum atomic E-state index is -1.25. The predicted octanol–water partition coefficient (Wildman–Crippen LogP) is 1.41. The number of thiophene rings is 1. The van der Waals surface area contributed by atoms with Gasteiger partial charge >= 0.3 is 5.97 Å². The van der Waals surface area contributed by atoms with Gasteiger partial charge in [0.15, 0.2) is 5.69 Å². The molecule has 0 aliphatic rings. The summed E-state index contributed by atoms with van der Waals surface area (Å²) in [4.78, 5) is 23.3. The molecule has 0 saturated heterocycles. The molecule has 0 spiro atoms. The van der Waals surface area contributed by atoms with Crippen LogP contribution in [0.15, 0.2) is 28.1 Å². The van der Waals surface area contributed by atoms with Crippen molar-refractivity contribution in [2.45, 2.75) is 6.42 Å². The normalized spacial score (nSPS) is 10.2. The first kappa shape index (κ1) is 12.3. The highest BCUT2D eigenvalue weighted by Crippen LogP contribution is 2.08. The van der Waals surface area contributed by atoms with E-state index in [0.29, 0.717) is 6.54 Å². The molecule has 0 fully saturated rings. The van der Waals surface area contributed by atoms with Crippen LogP contribution in [-0.2, 0) is 6.42 Å². The van der Waals surface area contributed by atoms with Crippen molar-refractivity contribution in [3.8, 4) is 0 Å². The van der Waals surface area contributed by atoms with E-state index in [0.717, 1.165) is 12.5 Å². The Kier molecular flexibility index (Phi) is 3.73. The third kappa shape index (κ3) is 2.95. The molecule has 7 heteroatoms. The molecule has 0 aliphatic carbocycles. The fourth-order valence-corrected chi connectivity index (χ4v) is 2.04. The van der Waals surface area contributed by atoms with Crippen molar-refractivity contribution >= 4 is 23.2 Å². The van der Waals surface area contributed by atoms with Gasteiger partial charge in [-0.05, 0) is 17.9 Å². The third-order valence-corrected chi connectivity index (χ3v) is 3.13. The van der Waals surface area contributed by atoms with Crippen LogP contribution in [0.4, 0.5) is 0 Å². The Morgan fingerprint density at radius 1 is 1.50 bits per heavy atom. The summed E-state index contributed by atoms with van der Waals surface area (Å²) < 4.78 is 4.49. The van der Waals surface area contributed by atoms with E-state index in [1.54, 1.807) is 11.3 Å². The Morgan fingerprint density at radius 3 is 2.94 bits per heavy atom. The van der Waals surface area contributed by atoms with E-state index in [-0.39, 0.29) is 11.5 Å². The van der Waals surface area contributed by atoms with Gasteiger partial charge in [0.1, 0.15) is 0 Å². The highest BCUT2D eigenvalue weighted by Gasteiger charge is 2.15. The standard InChI is InChI=1S/C11H10N2O4S/c14-10(8-6-9(11(15)16)17-13-8)12-4-3-7-2-1-5-18-7/h1-2,5-6H,3-4H2,(H,12,14)(H,15,16). The minimum absolute atomic E-state index is 0.0291. The van der Waals surface area contributed by atoms with Gasteiger partial charge < -0.3 is 14.9 Å². The quantitative estimate of drug-likeness (QED) is 0.853. The molecular formula is C11H10N2O4S. The molecule has 0 atom stereocenters. The van der Waals surface area contributed by atoms with Crippen molar-refractivity contribution in [2.75, 3.05) is 6.54 Å². The zero-order valence-corrected chi connectivity index (χ0v) is 10.1. The number of nitrogens with one attached hydrogen (secondary N) is 1. The molecule has 6 nitrogen and oxygen atoms in total. The van der Waals surface area contributed by atoms with Crippen LogP contribution in [0.3, 0.4) is 0 Å². The number of aromatic carboxylic acids is 1. The summed E-state index contributed by atoms with van der Waals surface area (Å²) >= 11 is 1.62. The Hall–Kier alpha value is -2.15. The first-order valence-corrected chi connectivity index (χ1v) is 6.05. The average Bonchev–Trinajstić information content (AvgIpc) is 2.99. The van der Waals surface area contributed by atoms with E-state index in [4.69, 9.17) is 5.11 Å². The summed E-state index contributed by atoms with van der Waals surface area (Å²) in [6, 6.07) is 5.02. The first-order chi connectivity index (χ1) is 8.66. The molecule has 0 aromatic carbocycles. The lowest BCUT2D eigenvalue weighted by atomic mass is 10.3. The van der Waals surface area contributed by atoms with Gasteiger partial charge in [0.25, 0.3) is 5.91 Å². The molecule has 0 radical (unpaired) electrons. The fraction of sp³-hybridized carbons (Fsp3) is 0.182. The summed E-state index contributed by atoms with van der Waals surface area (Å²) in [5.74, 6) is -2.04. The Morgan fingerprint density at radius 2 is 2.33 bits per heavy atom. The van der Waals surface area contributed by atoms with Crippen molar-refractivity contribution in [1.82, 2.24) is 10.5 Å². The SMILES string of the molecule is O=C(NCCc1cccs1)c1cc(C(=O)O)on1. The Bertz CT molecular complexity index is 547. The van der Waals surface area contributed by atoms with Gasteiger partial charge in [0.2, 0.25) is 5.76 Å². The van der Waals surface area contributed by atoms with Crippen LogP contribution in [0.2, 0.25) is 0 Å². The zero-order valence-electron chi connectivity index (χ0n) is 9.25. The number of aromatic nitrogens is 1. The maximum atomic E-state index is 11.6. The van der Waals surface area contributed by atoms with Gasteiger partial charge in [0.05, 0.1) is 0 Å². The van der Waals surface area contributed by atoms with E-state index >= 15 is 0 Å². The molecule has 0 unspecified atom stereocenters. The number of carbonyl (C=O) groups is 2. The summed E-state index contributed by atoms with van der Waals surface area (Å²) in [6.45, 7) is 0.467. The van der Waals surface area contributed by atoms with E-state index in [2.05, 4.69) is 15.0 Å². The molecule has 0 saturated carbocycles. The molecule has 1 amide bonds. The van der Waals surface area contributed by atoms with Gasteiger partial charge in [-0.25, -0.2) is 4.79 Å². The predicted molar refractivity (Wildman–Crippen MR) is 63.8 cm³/mol. The number of rotatable bonds is 5. The second-order valence-corrected chi connectivity index (χ2v) is 4.50. The van der Waals surface area contributed by atoms with Crippen LogP contribution in [0.5, 0.6) is 0 Å². The van der Waals surface area contributed by atoms with Crippen LogP contribution in [0.1, 0.15) is 25.9 Å². The van der Waals surface area contributed by atoms with Crippen molar-refractivity contribution in [3.63, 3.8) is 0 Å². The molecule has 2 aromatic heterocycles. The van der Waals surface area contributed by atoms with Gasteiger partial charge in [-0.15, -0.1) is 11.3 Å². The van der Waals surface area contributed by atoms with Crippen molar-refractivity contribution in [3.05, 3.63) is 39.9 Å². The second-order valence-electron chi connectivity index (χ2n) is 3.47. The minimum Gasteiger partial charge on any atom is -0.475 e. The largest absolute Gasteiger partial charge is 0.475 e.